The largest absolute Gasteiger partial charge is 0.377 e. The van der Waals surface area contributed by atoms with Crippen molar-refractivity contribution in [3.8, 4) is 0 Å². The van der Waals surface area contributed by atoms with Crippen LogP contribution in [0, 0.1) is 5.82 Å². The monoisotopic (exact) mass is 345 g/mol. The molecule has 0 bridgehead atoms. The normalized spacial score (nSPS) is 16.1. The molecule has 1 aliphatic carbocycles. The summed E-state index contributed by atoms with van der Waals surface area (Å²) < 4.78 is 17.2. The fourth-order valence-electron chi connectivity index (χ4n) is 3.69. The summed E-state index contributed by atoms with van der Waals surface area (Å²) in [6, 6.07) is 3.44. The molecular weight excluding hydrogens is 325 g/mol. The molecule has 0 radical (unpaired) electrons. The lowest BCUT2D eigenvalue weighted by Crippen LogP contribution is -2.26. The molecule has 1 aromatic carbocycles. The number of rotatable bonds is 2. The van der Waals surface area contributed by atoms with Gasteiger partial charge in [0.2, 0.25) is 0 Å². The van der Waals surface area contributed by atoms with E-state index in [2.05, 4.69) is 4.98 Å². The van der Waals surface area contributed by atoms with Gasteiger partial charge in [-0.1, -0.05) is 19.3 Å². The minimum Gasteiger partial charge on any atom is -0.377 e. The molecule has 1 aliphatic rings. The maximum Gasteiger partial charge on any atom is 0.271 e. The number of nitrogens with zero attached hydrogens (tertiary/aromatic N) is 3. The molecule has 0 aliphatic heterocycles. The first-order valence-electron chi connectivity index (χ1n) is 8.37. The van der Waals surface area contributed by atoms with E-state index in [0.717, 1.165) is 36.8 Å². The Morgan fingerprint density at radius 3 is 2.67 bits per heavy atom. The van der Waals surface area contributed by atoms with Crippen LogP contribution in [-0.2, 0) is 0 Å². The van der Waals surface area contributed by atoms with Gasteiger partial charge in [-0.25, -0.2) is 9.37 Å². The van der Waals surface area contributed by atoms with Crippen LogP contribution in [0.15, 0.2) is 23.3 Å². The lowest BCUT2D eigenvalue weighted by Gasteiger charge is -2.23. The third-order valence-corrected chi connectivity index (χ3v) is 6.11. The minimum atomic E-state index is -0.290. The molecule has 2 heterocycles. The highest BCUT2D eigenvalue weighted by atomic mass is 32.1. The zero-order chi connectivity index (χ0) is 16.8. The van der Waals surface area contributed by atoms with Gasteiger partial charge in [-0.05, 0) is 25.0 Å². The molecule has 3 aromatic rings. The Morgan fingerprint density at radius 2 is 1.96 bits per heavy atom. The summed E-state index contributed by atoms with van der Waals surface area (Å²) in [5.41, 5.74) is 1.48. The molecule has 24 heavy (non-hydrogen) atoms. The number of thiophene rings is 1. The van der Waals surface area contributed by atoms with Crippen LogP contribution in [0.3, 0.4) is 0 Å². The Labute approximate surface area is 143 Å². The zero-order valence-corrected chi connectivity index (χ0v) is 14.7. The molecule has 0 amide bonds. The number of fused-ring (bicyclic) bond motifs is 3. The molecule has 1 fully saturated rings. The van der Waals surface area contributed by atoms with Crippen LogP contribution in [0.2, 0.25) is 0 Å². The third kappa shape index (κ3) is 2.32. The van der Waals surface area contributed by atoms with E-state index in [1.807, 2.05) is 19.0 Å². The van der Waals surface area contributed by atoms with Crippen molar-refractivity contribution in [3.63, 3.8) is 0 Å². The molecule has 0 unspecified atom stereocenters. The third-order valence-electron chi connectivity index (χ3n) is 4.93. The van der Waals surface area contributed by atoms with E-state index in [9.17, 15) is 9.18 Å². The van der Waals surface area contributed by atoms with Crippen molar-refractivity contribution < 1.29 is 4.39 Å². The first kappa shape index (κ1) is 15.6. The minimum absolute atomic E-state index is 0.0304. The molecule has 126 valence electrons. The Balaban J connectivity index is 2.00. The molecule has 4 rings (SSSR count). The summed E-state index contributed by atoms with van der Waals surface area (Å²) >= 11 is 1.23. The molecule has 2 aromatic heterocycles. The fourth-order valence-corrected chi connectivity index (χ4v) is 4.81. The van der Waals surface area contributed by atoms with E-state index in [1.54, 1.807) is 17.0 Å². The quantitative estimate of drug-likeness (QED) is 0.694. The highest BCUT2D eigenvalue weighted by Crippen LogP contribution is 2.38. The van der Waals surface area contributed by atoms with Crippen LogP contribution in [-0.4, -0.2) is 23.6 Å². The molecule has 0 spiro atoms. The molecule has 1 saturated carbocycles. The highest BCUT2D eigenvalue weighted by Gasteiger charge is 2.21. The van der Waals surface area contributed by atoms with Crippen LogP contribution >= 0.6 is 11.3 Å². The number of hydrogen-bond acceptors (Lipinski definition) is 4. The second-order valence-electron chi connectivity index (χ2n) is 6.69. The Hall–Kier alpha value is -1.95. The van der Waals surface area contributed by atoms with Gasteiger partial charge in [-0.2, -0.15) is 0 Å². The van der Waals surface area contributed by atoms with Crippen LogP contribution < -0.4 is 10.5 Å². The molecule has 4 nitrogen and oxygen atoms in total. The van der Waals surface area contributed by atoms with Gasteiger partial charge in [0.25, 0.3) is 5.56 Å². The van der Waals surface area contributed by atoms with Crippen LogP contribution in [0.4, 0.5) is 10.1 Å². The Kier molecular flexibility index (Phi) is 3.79. The molecule has 0 saturated heterocycles. The lowest BCUT2D eigenvalue weighted by atomic mass is 9.95. The predicted octanol–water partition coefficient (Wildman–Crippen LogP) is 4.32. The Morgan fingerprint density at radius 1 is 1.21 bits per heavy atom. The van der Waals surface area contributed by atoms with Gasteiger partial charge < -0.3 is 4.90 Å². The summed E-state index contributed by atoms with van der Waals surface area (Å²) in [5, 5.41) is 0.743. The van der Waals surface area contributed by atoms with Gasteiger partial charge in [-0.15, -0.1) is 11.3 Å². The molecular formula is C18H20FN3OS. The number of hydrogen-bond donors (Lipinski definition) is 0. The van der Waals surface area contributed by atoms with E-state index < -0.39 is 0 Å². The smallest absolute Gasteiger partial charge is 0.271 e. The summed E-state index contributed by atoms with van der Waals surface area (Å²) in [4.78, 5) is 19.5. The SMILES string of the molecule is CN(C)c1ccc(F)c2sc3c(=O)n(C4CCCCC4)cnc3c12. The van der Waals surface area contributed by atoms with Gasteiger partial charge in [0.15, 0.2) is 0 Å². The number of halogens is 1. The number of aromatic nitrogens is 2. The van der Waals surface area contributed by atoms with Crippen molar-refractivity contribution in [2.45, 2.75) is 38.1 Å². The predicted molar refractivity (Wildman–Crippen MR) is 97.8 cm³/mol. The van der Waals surface area contributed by atoms with E-state index in [0.29, 0.717) is 14.9 Å². The molecule has 0 N–H and O–H groups in total. The van der Waals surface area contributed by atoms with Crippen LogP contribution in [0.5, 0.6) is 0 Å². The van der Waals surface area contributed by atoms with Gasteiger partial charge in [0, 0.05) is 31.2 Å². The average Bonchev–Trinajstić information content (AvgIpc) is 2.98. The van der Waals surface area contributed by atoms with Gasteiger partial charge >= 0.3 is 0 Å². The zero-order valence-electron chi connectivity index (χ0n) is 13.9. The van der Waals surface area contributed by atoms with Gasteiger partial charge in [0.1, 0.15) is 10.5 Å². The topological polar surface area (TPSA) is 38.1 Å². The fraction of sp³-hybridized carbons (Fsp3) is 0.444. The summed E-state index contributed by atoms with van der Waals surface area (Å²) in [5.74, 6) is -0.290. The second kappa shape index (κ2) is 5.84. The average molecular weight is 345 g/mol. The van der Waals surface area contributed by atoms with Crippen molar-refractivity contribution >= 4 is 37.3 Å². The van der Waals surface area contributed by atoms with E-state index in [1.165, 1.54) is 23.8 Å². The first-order chi connectivity index (χ1) is 11.6. The summed E-state index contributed by atoms with van der Waals surface area (Å²) in [6.45, 7) is 0. The van der Waals surface area contributed by atoms with Crippen LogP contribution in [0.1, 0.15) is 38.1 Å². The number of anilines is 1. The van der Waals surface area contributed by atoms with E-state index >= 15 is 0 Å². The van der Waals surface area contributed by atoms with Crippen molar-refractivity contribution in [3.05, 3.63) is 34.6 Å². The van der Waals surface area contributed by atoms with Crippen molar-refractivity contribution in [1.29, 1.82) is 0 Å². The van der Waals surface area contributed by atoms with E-state index in [4.69, 9.17) is 0 Å². The Bertz CT molecular complexity index is 970. The van der Waals surface area contributed by atoms with Gasteiger partial charge in [0.05, 0.1) is 16.5 Å². The number of benzene rings is 1. The van der Waals surface area contributed by atoms with Crippen molar-refractivity contribution in [1.82, 2.24) is 9.55 Å². The maximum atomic E-state index is 14.3. The highest BCUT2D eigenvalue weighted by molar-refractivity contribution is 7.25. The maximum absolute atomic E-state index is 14.3. The van der Waals surface area contributed by atoms with E-state index in [-0.39, 0.29) is 17.4 Å². The van der Waals surface area contributed by atoms with Crippen molar-refractivity contribution in [2.75, 3.05) is 19.0 Å². The second-order valence-corrected chi connectivity index (χ2v) is 7.71. The standard InChI is InChI=1S/C18H20FN3OS/c1-21(2)13-9-8-12(19)16-14(13)15-17(24-16)18(23)22(10-20-15)11-6-4-3-5-7-11/h8-11H,3-7H2,1-2H3. The van der Waals surface area contributed by atoms with Crippen molar-refractivity contribution in [2.24, 2.45) is 0 Å². The summed E-state index contributed by atoms with van der Waals surface area (Å²) in [7, 11) is 3.83. The first-order valence-corrected chi connectivity index (χ1v) is 9.18. The lowest BCUT2D eigenvalue weighted by molar-refractivity contribution is 0.345. The van der Waals surface area contributed by atoms with Gasteiger partial charge in [-0.3, -0.25) is 9.36 Å². The molecule has 0 atom stereocenters. The summed E-state index contributed by atoms with van der Waals surface area (Å²) in [6.07, 6.45) is 7.25. The molecule has 6 heteroatoms. The van der Waals surface area contributed by atoms with Crippen LogP contribution in [0.25, 0.3) is 20.3 Å².